The van der Waals surface area contributed by atoms with Gasteiger partial charge in [0.1, 0.15) is 0 Å². The number of hydrogen-bond donors (Lipinski definition) is 1. The van der Waals surface area contributed by atoms with Crippen LogP contribution in [0.4, 0.5) is 0 Å². The average Bonchev–Trinajstić information content (AvgIpc) is 2.82. The number of hydrogen-bond acceptors (Lipinski definition) is 2. The van der Waals surface area contributed by atoms with Gasteiger partial charge >= 0.3 is 0 Å². The molecular formula is C13H18O2. The summed E-state index contributed by atoms with van der Waals surface area (Å²) in [5.41, 5.74) is 2.33. The number of aliphatic hydroxyl groups is 1. The monoisotopic (exact) mass is 206 g/mol. The summed E-state index contributed by atoms with van der Waals surface area (Å²) in [6.07, 6.45) is 1.65. The first-order valence-electron chi connectivity index (χ1n) is 5.66. The van der Waals surface area contributed by atoms with E-state index in [4.69, 9.17) is 4.74 Å². The molecule has 0 spiro atoms. The number of rotatable bonds is 3. The van der Waals surface area contributed by atoms with Crippen LogP contribution in [0.2, 0.25) is 0 Å². The van der Waals surface area contributed by atoms with Crippen LogP contribution >= 0.6 is 0 Å². The van der Waals surface area contributed by atoms with Crippen LogP contribution in [0.15, 0.2) is 24.3 Å². The standard InChI is InChI=1S/C13H18O2/c1-2-10-3-5-11(6-4-10)13(14)12-7-8-15-9-12/h3-6,12-14H,2,7-9H2,1H3. The van der Waals surface area contributed by atoms with Gasteiger partial charge in [0.2, 0.25) is 0 Å². The Morgan fingerprint density at radius 3 is 2.67 bits per heavy atom. The molecule has 1 saturated heterocycles. The molecule has 1 aliphatic rings. The molecule has 1 aliphatic heterocycles. The van der Waals surface area contributed by atoms with Gasteiger partial charge < -0.3 is 9.84 Å². The second-order valence-electron chi connectivity index (χ2n) is 4.16. The normalized spacial score (nSPS) is 22.9. The molecule has 2 atom stereocenters. The maximum atomic E-state index is 10.1. The van der Waals surface area contributed by atoms with Crippen LogP contribution < -0.4 is 0 Å². The first-order valence-corrected chi connectivity index (χ1v) is 5.66. The van der Waals surface area contributed by atoms with Crippen molar-refractivity contribution in [3.8, 4) is 0 Å². The minimum atomic E-state index is -0.363. The van der Waals surface area contributed by atoms with E-state index in [-0.39, 0.29) is 12.0 Å². The van der Waals surface area contributed by atoms with Crippen LogP contribution in [0.3, 0.4) is 0 Å². The molecule has 2 heteroatoms. The van der Waals surface area contributed by atoms with E-state index in [1.165, 1.54) is 5.56 Å². The lowest BCUT2D eigenvalue weighted by Gasteiger charge is -2.16. The molecule has 0 aromatic heterocycles. The summed E-state index contributed by atoms with van der Waals surface area (Å²) in [5.74, 6) is 0.275. The highest BCUT2D eigenvalue weighted by atomic mass is 16.5. The maximum absolute atomic E-state index is 10.1. The zero-order chi connectivity index (χ0) is 10.7. The number of aryl methyl sites for hydroxylation is 1. The molecule has 1 aromatic rings. The zero-order valence-corrected chi connectivity index (χ0v) is 9.15. The largest absolute Gasteiger partial charge is 0.388 e. The van der Waals surface area contributed by atoms with Gasteiger partial charge in [0.05, 0.1) is 12.7 Å². The Balaban J connectivity index is 2.07. The highest BCUT2D eigenvalue weighted by Crippen LogP contribution is 2.28. The van der Waals surface area contributed by atoms with E-state index in [2.05, 4.69) is 19.1 Å². The molecule has 0 aliphatic carbocycles. The SMILES string of the molecule is CCc1ccc(C(O)C2CCOC2)cc1. The summed E-state index contributed by atoms with van der Waals surface area (Å²) in [6.45, 7) is 3.61. The molecule has 82 valence electrons. The van der Waals surface area contributed by atoms with Crippen molar-refractivity contribution in [2.75, 3.05) is 13.2 Å². The Bertz CT molecular complexity index is 299. The van der Waals surface area contributed by atoms with Crippen molar-refractivity contribution >= 4 is 0 Å². The zero-order valence-electron chi connectivity index (χ0n) is 9.15. The minimum Gasteiger partial charge on any atom is -0.388 e. The molecule has 1 aromatic carbocycles. The van der Waals surface area contributed by atoms with Crippen molar-refractivity contribution in [3.05, 3.63) is 35.4 Å². The third-order valence-corrected chi connectivity index (χ3v) is 3.14. The third kappa shape index (κ3) is 2.39. The predicted molar refractivity (Wildman–Crippen MR) is 59.7 cm³/mol. The van der Waals surface area contributed by atoms with Gasteiger partial charge in [-0.2, -0.15) is 0 Å². The van der Waals surface area contributed by atoms with E-state index in [9.17, 15) is 5.11 Å². The molecule has 0 saturated carbocycles. The first kappa shape index (κ1) is 10.7. The smallest absolute Gasteiger partial charge is 0.0841 e. The fourth-order valence-corrected chi connectivity index (χ4v) is 2.02. The Morgan fingerprint density at radius 2 is 2.13 bits per heavy atom. The minimum absolute atomic E-state index is 0.275. The van der Waals surface area contributed by atoms with Crippen molar-refractivity contribution in [1.29, 1.82) is 0 Å². The Labute approximate surface area is 90.9 Å². The molecule has 1 N–H and O–H groups in total. The van der Waals surface area contributed by atoms with Crippen LogP contribution in [-0.4, -0.2) is 18.3 Å². The van der Waals surface area contributed by atoms with Crippen molar-refractivity contribution in [2.24, 2.45) is 5.92 Å². The fourth-order valence-electron chi connectivity index (χ4n) is 2.02. The lowest BCUT2D eigenvalue weighted by Crippen LogP contribution is -2.12. The molecule has 1 fully saturated rings. The molecule has 2 rings (SSSR count). The lowest BCUT2D eigenvalue weighted by molar-refractivity contribution is 0.0918. The molecule has 2 nitrogen and oxygen atoms in total. The van der Waals surface area contributed by atoms with Crippen molar-refractivity contribution in [2.45, 2.75) is 25.9 Å². The third-order valence-electron chi connectivity index (χ3n) is 3.14. The molecule has 15 heavy (non-hydrogen) atoms. The summed E-state index contributed by atoms with van der Waals surface area (Å²) >= 11 is 0. The first-order chi connectivity index (χ1) is 7.31. The van der Waals surface area contributed by atoms with Gasteiger partial charge in [-0.25, -0.2) is 0 Å². The lowest BCUT2D eigenvalue weighted by atomic mass is 9.94. The van der Waals surface area contributed by atoms with E-state index >= 15 is 0 Å². The number of aliphatic hydroxyl groups excluding tert-OH is 1. The van der Waals surface area contributed by atoms with Crippen LogP contribution in [0.5, 0.6) is 0 Å². The summed E-state index contributed by atoms with van der Waals surface area (Å²) in [5, 5.41) is 10.1. The quantitative estimate of drug-likeness (QED) is 0.822. The van der Waals surface area contributed by atoms with Gasteiger partial charge in [-0.15, -0.1) is 0 Å². The van der Waals surface area contributed by atoms with Crippen molar-refractivity contribution in [1.82, 2.24) is 0 Å². The highest BCUT2D eigenvalue weighted by Gasteiger charge is 2.24. The van der Waals surface area contributed by atoms with Gasteiger partial charge in [-0.3, -0.25) is 0 Å². The van der Waals surface area contributed by atoms with Crippen LogP contribution in [0, 0.1) is 5.92 Å². The molecule has 1 heterocycles. The molecule has 2 unspecified atom stereocenters. The number of ether oxygens (including phenoxy) is 1. The van der Waals surface area contributed by atoms with E-state index < -0.39 is 0 Å². The van der Waals surface area contributed by atoms with Crippen molar-refractivity contribution < 1.29 is 9.84 Å². The van der Waals surface area contributed by atoms with Crippen molar-refractivity contribution in [3.63, 3.8) is 0 Å². The Morgan fingerprint density at radius 1 is 1.40 bits per heavy atom. The van der Waals surface area contributed by atoms with Gasteiger partial charge in [0, 0.05) is 12.5 Å². The summed E-state index contributed by atoms with van der Waals surface area (Å²) in [7, 11) is 0. The van der Waals surface area contributed by atoms with Gasteiger partial charge in [0.15, 0.2) is 0 Å². The van der Waals surface area contributed by atoms with E-state index in [1.54, 1.807) is 0 Å². The predicted octanol–water partition coefficient (Wildman–Crippen LogP) is 2.32. The second-order valence-corrected chi connectivity index (χ2v) is 4.16. The summed E-state index contributed by atoms with van der Waals surface area (Å²) < 4.78 is 5.28. The van der Waals surface area contributed by atoms with Gasteiger partial charge in [0.25, 0.3) is 0 Å². The molecule has 0 amide bonds. The average molecular weight is 206 g/mol. The van der Waals surface area contributed by atoms with E-state index in [0.717, 1.165) is 25.0 Å². The van der Waals surface area contributed by atoms with Gasteiger partial charge in [-0.05, 0) is 24.0 Å². The highest BCUT2D eigenvalue weighted by molar-refractivity contribution is 5.24. The summed E-state index contributed by atoms with van der Waals surface area (Å²) in [4.78, 5) is 0. The molecular weight excluding hydrogens is 188 g/mol. The second kappa shape index (κ2) is 4.77. The topological polar surface area (TPSA) is 29.5 Å². The van der Waals surface area contributed by atoms with Gasteiger partial charge in [-0.1, -0.05) is 31.2 Å². The Kier molecular flexibility index (Phi) is 3.39. The van der Waals surface area contributed by atoms with E-state index in [1.807, 2.05) is 12.1 Å². The Hall–Kier alpha value is -0.860. The van der Waals surface area contributed by atoms with Crippen LogP contribution in [0.1, 0.15) is 30.6 Å². The summed E-state index contributed by atoms with van der Waals surface area (Å²) in [6, 6.07) is 8.24. The molecule has 0 radical (unpaired) electrons. The van der Waals surface area contributed by atoms with Crippen LogP contribution in [-0.2, 0) is 11.2 Å². The van der Waals surface area contributed by atoms with E-state index in [0.29, 0.717) is 6.61 Å². The number of benzene rings is 1. The fraction of sp³-hybridized carbons (Fsp3) is 0.538. The molecule has 0 bridgehead atoms. The maximum Gasteiger partial charge on any atom is 0.0841 e. The van der Waals surface area contributed by atoms with Crippen LogP contribution in [0.25, 0.3) is 0 Å².